The number of hydrogen-bond donors (Lipinski definition) is 0. The fourth-order valence-electron chi connectivity index (χ4n) is 3.61. The van der Waals surface area contributed by atoms with Gasteiger partial charge in [0, 0.05) is 37.8 Å². The molecule has 1 aliphatic carbocycles. The summed E-state index contributed by atoms with van der Waals surface area (Å²) in [7, 11) is 0. The number of hydrogen-bond acceptors (Lipinski definition) is 5. The number of alkyl halides is 1. The zero-order valence-corrected chi connectivity index (χ0v) is 14.0. The Morgan fingerprint density at radius 2 is 2.09 bits per heavy atom. The van der Waals surface area contributed by atoms with E-state index in [0.717, 1.165) is 37.5 Å². The van der Waals surface area contributed by atoms with E-state index in [-0.39, 0.29) is 11.5 Å². The minimum absolute atomic E-state index is 0.181. The first-order chi connectivity index (χ1) is 11.1. The van der Waals surface area contributed by atoms with E-state index in [1.54, 1.807) is 16.2 Å². The molecule has 126 valence electrons. The molecule has 1 aromatic rings. The molecule has 3 aliphatic rings. The van der Waals surface area contributed by atoms with Crippen LogP contribution >= 0.6 is 11.3 Å². The molecule has 1 aromatic heterocycles. The number of likely N-dealkylation sites (tertiary alicyclic amines) is 1. The summed E-state index contributed by atoms with van der Waals surface area (Å²) in [5.74, 6) is -0.303. The van der Waals surface area contributed by atoms with Crippen molar-refractivity contribution in [2.75, 3.05) is 32.8 Å². The fourth-order valence-corrected chi connectivity index (χ4v) is 4.27. The standard InChI is InChI=1S/C16H22FN3O2S/c17-16(1-2-16)14(21)20-6-3-15(4-7-20)12-19(8-9-22-15)11-13-18-5-10-23-13/h5,10H,1-4,6-9,11-12H2. The van der Waals surface area contributed by atoms with Crippen LogP contribution in [0.15, 0.2) is 11.6 Å². The monoisotopic (exact) mass is 339 g/mol. The van der Waals surface area contributed by atoms with Crippen molar-refractivity contribution >= 4 is 17.2 Å². The van der Waals surface area contributed by atoms with Gasteiger partial charge in [0.05, 0.1) is 18.8 Å². The first-order valence-electron chi connectivity index (χ1n) is 8.32. The van der Waals surface area contributed by atoms with E-state index in [0.29, 0.717) is 32.5 Å². The Hall–Kier alpha value is -1.05. The van der Waals surface area contributed by atoms with Crippen molar-refractivity contribution in [2.45, 2.75) is 43.5 Å². The van der Waals surface area contributed by atoms with Gasteiger partial charge < -0.3 is 9.64 Å². The number of piperidine rings is 1. The molecule has 7 heteroatoms. The first kappa shape index (κ1) is 15.5. The third-order valence-electron chi connectivity index (χ3n) is 5.20. The van der Waals surface area contributed by atoms with E-state index in [2.05, 4.69) is 9.88 Å². The SMILES string of the molecule is O=C(N1CCC2(CC1)CN(Cc1nccs1)CCO2)C1(F)CC1. The smallest absolute Gasteiger partial charge is 0.260 e. The number of aromatic nitrogens is 1. The molecule has 0 aromatic carbocycles. The van der Waals surface area contributed by atoms with Gasteiger partial charge in [0.1, 0.15) is 5.01 Å². The van der Waals surface area contributed by atoms with Crippen LogP contribution in [0.1, 0.15) is 30.7 Å². The summed E-state index contributed by atoms with van der Waals surface area (Å²) in [5, 5.41) is 3.13. The van der Waals surface area contributed by atoms with Crippen LogP contribution in [0.25, 0.3) is 0 Å². The summed E-state index contributed by atoms with van der Waals surface area (Å²) >= 11 is 1.68. The van der Waals surface area contributed by atoms with Crippen molar-refractivity contribution < 1.29 is 13.9 Å². The summed E-state index contributed by atoms with van der Waals surface area (Å²) in [6.07, 6.45) is 4.22. The molecule has 2 aliphatic heterocycles. The number of rotatable bonds is 3. The number of thiazole rings is 1. The lowest BCUT2D eigenvalue weighted by Crippen LogP contribution is -2.58. The lowest BCUT2D eigenvalue weighted by Gasteiger charge is -2.47. The van der Waals surface area contributed by atoms with Crippen LogP contribution in [-0.2, 0) is 16.1 Å². The normalized spacial score (nSPS) is 26.4. The Morgan fingerprint density at radius 3 is 2.74 bits per heavy atom. The van der Waals surface area contributed by atoms with Crippen LogP contribution < -0.4 is 0 Å². The highest BCUT2D eigenvalue weighted by molar-refractivity contribution is 7.09. The lowest BCUT2D eigenvalue weighted by molar-refractivity contribution is -0.155. The number of nitrogens with zero attached hydrogens (tertiary/aromatic N) is 3. The Labute approximate surface area is 139 Å². The van der Waals surface area contributed by atoms with Gasteiger partial charge >= 0.3 is 0 Å². The third kappa shape index (κ3) is 3.14. The van der Waals surface area contributed by atoms with Crippen molar-refractivity contribution in [2.24, 2.45) is 0 Å². The maximum Gasteiger partial charge on any atom is 0.260 e. The molecule has 4 rings (SSSR count). The second-order valence-electron chi connectivity index (χ2n) is 6.93. The minimum atomic E-state index is -1.55. The molecular weight excluding hydrogens is 317 g/mol. The van der Waals surface area contributed by atoms with Crippen LogP contribution in [0.5, 0.6) is 0 Å². The van der Waals surface area contributed by atoms with E-state index in [1.807, 2.05) is 11.6 Å². The zero-order valence-electron chi connectivity index (χ0n) is 13.2. The zero-order chi connectivity index (χ0) is 15.9. The lowest BCUT2D eigenvalue weighted by atomic mass is 9.89. The molecule has 1 saturated carbocycles. The molecule has 0 N–H and O–H groups in total. The average Bonchev–Trinajstić information content (AvgIpc) is 3.09. The molecule has 0 bridgehead atoms. The van der Waals surface area contributed by atoms with Gasteiger partial charge in [-0.3, -0.25) is 9.69 Å². The van der Waals surface area contributed by atoms with Crippen LogP contribution in [0.3, 0.4) is 0 Å². The molecule has 0 unspecified atom stereocenters. The van der Waals surface area contributed by atoms with Gasteiger partial charge in [-0.25, -0.2) is 9.37 Å². The first-order valence-corrected chi connectivity index (χ1v) is 9.20. The van der Waals surface area contributed by atoms with Gasteiger partial charge in [0.15, 0.2) is 5.67 Å². The molecular formula is C16H22FN3O2S. The van der Waals surface area contributed by atoms with Crippen molar-refractivity contribution in [3.8, 4) is 0 Å². The summed E-state index contributed by atoms with van der Waals surface area (Å²) in [6, 6.07) is 0. The maximum atomic E-state index is 13.9. The van der Waals surface area contributed by atoms with Gasteiger partial charge in [0.2, 0.25) is 0 Å². The number of carbonyl (C=O) groups excluding carboxylic acids is 1. The predicted molar refractivity (Wildman–Crippen MR) is 85.0 cm³/mol. The molecule has 1 amide bonds. The van der Waals surface area contributed by atoms with Crippen molar-refractivity contribution in [1.82, 2.24) is 14.8 Å². The number of halogens is 1. The van der Waals surface area contributed by atoms with Crippen LogP contribution in [0, 0.1) is 0 Å². The molecule has 1 spiro atoms. The Morgan fingerprint density at radius 1 is 1.30 bits per heavy atom. The van der Waals surface area contributed by atoms with Gasteiger partial charge in [-0.05, 0) is 25.7 Å². The van der Waals surface area contributed by atoms with E-state index in [9.17, 15) is 9.18 Å². The highest BCUT2D eigenvalue weighted by Gasteiger charge is 2.54. The van der Waals surface area contributed by atoms with E-state index in [4.69, 9.17) is 4.74 Å². The van der Waals surface area contributed by atoms with Crippen LogP contribution in [0.2, 0.25) is 0 Å². The highest BCUT2D eigenvalue weighted by atomic mass is 32.1. The van der Waals surface area contributed by atoms with Crippen molar-refractivity contribution in [3.63, 3.8) is 0 Å². The van der Waals surface area contributed by atoms with Gasteiger partial charge in [-0.1, -0.05) is 0 Å². The third-order valence-corrected chi connectivity index (χ3v) is 5.97. The van der Waals surface area contributed by atoms with Crippen LogP contribution in [0.4, 0.5) is 4.39 Å². The molecule has 2 saturated heterocycles. The topological polar surface area (TPSA) is 45.7 Å². The Kier molecular flexibility index (Phi) is 3.90. The number of ether oxygens (including phenoxy) is 1. The van der Waals surface area contributed by atoms with Crippen molar-refractivity contribution in [3.05, 3.63) is 16.6 Å². The molecule has 3 fully saturated rings. The molecule has 5 nitrogen and oxygen atoms in total. The van der Waals surface area contributed by atoms with E-state index < -0.39 is 5.67 Å². The maximum absolute atomic E-state index is 13.9. The molecule has 0 radical (unpaired) electrons. The fraction of sp³-hybridized carbons (Fsp3) is 0.750. The van der Waals surface area contributed by atoms with E-state index >= 15 is 0 Å². The summed E-state index contributed by atoms with van der Waals surface area (Å²) in [6.45, 7) is 4.57. The Bertz CT molecular complexity index is 568. The number of amides is 1. The minimum Gasteiger partial charge on any atom is -0.372 e. The van der Waals surface area contributed by atoms with E-state index in [1.165, 1.54) is 0 Å². The molecule has 0 atom stereocenters. The Balaban J connectivity index is 1.35. The van der Waals surface area contributed by atoms with Crippen molar-refractivity contribution in [1.29, 1.82) is 0 Å². The van der Waals surface area contributed by atoms with Crippen LogP contribution in [-0.4, -0.2) is 64.7 Å². The molecule has 23 heavy (non-hydrogen) atoms. The quantitative estimate of drug-likeness (QED) is 0.843. The summed E-state index contributed by atoms with van der Waals surface area (Å²) < 4.78 is 20.0. The van der Waals surface area contributed by atoms with Gasteiger partial charge in [-0.15, -0.1) is 11.3 Å². The second kappa shape index (κ2) is 5.79. The second-order valence-corrected chi connectivity index (χ2v) is 7.90. The van der Waals surface area contributed by atoms with Gasteiger partial charge in [0.25, 0.3) is 5.91 Å². The summed E-state index contributed by atoms with van der Waals surface area (Å²) in [5.41, 5.74) is -1.73. The molecule has 3 heterocycles. The summed E-state index contributed by atoms with van der Waals surface area (Å²) in [4.78, 5) is 20.6. The number of morpholine rings is 1. The average molecular weight is 339 g/mol. The number of carbonyl (C=O) groups is 1. The largest absolute Gasteiger partial charge is 0.372 e. The highest BCUT2D eigenvalue weighted by Crippen LogP contribution is 2.42. The van der Waals surface area contributed by atoms with Gasteiger partial charge in [-0.2, -0.15) is 0 Å². The predicted octanol–water partition coefficient (Wildman–Crippen LogP) is 1.84.